The Morgan fingerprint density at radius 3 is 3.00 bits per heavy atom. The molecular weight excluding hydrogens is 254 g/mol. The Balaban J connectivity index is 1.84. The van der Waals surface area contributed by atoms with Crippen molar-refractivity contribution in [2.24, 2.45) is 11.8 Å². The minimum Gasteiger partial charge on any atom is -0.478 e. The number of ether oxygens (including phenoxy) is 1. The molecule has 4 heteroatoms. The fraction of sp³-hybridized carbons (Fsp3) is 0.562. The molecule has 20 heavy (non-hydrogen) atoms. The van der Waals surface area contributed by atoms with Gasteiger partial charge >= 0.3 is 5.97 Å². The lowest BCUT2D eigenvalue weighted by molar-refractivity contribution is 0.0539. The monoisotopic (exact) mass is 277 g/mol. The summed E-state index contributed by atoms with van der Waals surface area (Å²) in [7, 11) is 0. The highest BCUT2D eigenvalue weighted by Gasteiger charge is 2.29. The van der Waals surface area contributed by atoms with Crippen molar-refractivity contribution in [2.75, 3.05) is 13.2 Å². The average Bonchev–Trinajstić information content (AvgIpc) is 2.87. The first kappa shape index (κ1) is 15.0. The van der Waals surface area contributed by atoms with Crippen molar-refractivity contribution in [1.82, 2.24) is 5.32 Å². The first-order valence-corrected chi connectivity index (χ1v) is 7.22. The zero-order chi connectivity index (χ0) is 14.5. The van der Waals surface area contributed by atoms with E-state index in [-0.39, 0.29) is 0 Å². The molecule has 4 nitrogen and oxygen atoms in total. The summed E-state index contributed by atoms with van der Waals surface area (Å²) >= 11 is 0. The van der Waals surface area contributed by atoms with Crippen LogP contribution < -0.4 is 5.32 Å². The summed E-state index contributed by atoms with van der Waals surface area (Å²) in [6, 6.07) is 7.08. The van der Waals surface area contributed by atoms with Gasteiger partial charge in [0.15, 0.2) is 0 Å². The van der Waals surface area contributed by atoms with Crippen LogP contribution in [0.15, 0.2) is 24.3 Å². The highest BCUT2D eigenvalue weighted by atomic mass is 16.5. The third kappa shape index (κ3) is 3.81. The molecule has 0 aliphatic carbocycles. The van der Waals surface area contributed by atoms with Gasteiger partial charge in [-0.2, -0.15) is 0 Å². The minimum atomic E-state index is -0.879. The summed E-state index contributed by atoms with van der Waals surface area (Å²) in [6.45, 7) is 6.85. The molecule has 2 atom stereocenters. The van der Waals surface area contributed by atoms with Crippen molar-refractivity contribution in [3.8, 4) is 0 Å². The Kier molecular flexibility index (Phi) is 5.15. The van der Waals surface area contributed by atoms with E-state index < -0.39 is 5.97 Å². The third-order valence-corrected chi connectivity index (χ3v) is 3.83. The number of hydrogen-bond acceptors (Lipinski definition) is 3. The van der Waals surface area contributed by atoms with Crippen LogP contribution in [-0.2, 0) is 11.3 Å². The van der Waals surface area contributed by atoms with E-state index in [4.69, 9.17) is 9.84 Å². The number of benzene rings is 1. The average molecular weight is 277 g/mol. The molecule has 0 amide bonds. The lowest BCUT2D eigenvalue weighted by atomic mass is 9.93. The number of carbonyl (C=O) groups is 1. The van der Waals surface area contributed by atoms with Crippen LogP contribution in [-0.4, -0.2) is 30.3 Å². The Hall–Kier alpha value is -1.39. The van der Waals surface area contributed by atoms with Crippen LogP contribution in [0.3, 0.4) is 0 Å². The number of rotatable bonds is 6. The molecule has 1 saturated heterocycles. The molecule has 1 heterocycles. The van der Waals surface area contributed by atoms with Crippen LogP contribution >= 0.6 is 0 Å². The van der Waals surface area contributed by atoms with Crippen molar-refractivity contribution in [3.63, 3.8) is 0 Å². The highest BCUT2D eigenvalue weighted by molar-refractivity contribution is 5.87. The van der Waals surface area contributed by atoms with Crippen LogP contribution in [0.2, 0.25) is 0 Å². The van der Waals surface area contributed by atoms with Crippen molar-refractivity contribution < 1.29 is 14.6 Å². The van der Waals surface area contributed by atoms with Crippen molar-refractivity contribution in [2.45, 2.75) is 32.9 Å². The summed E-state index contributed by atoms with van der Waals surface area (Å²) in [5.41, 5.74) is 1.35. The van der Waals surface area contributed by atoms with E-state index in [0.717, 1.165) is 25.1 Å². The van der Waals surface area contributed by atoms with Gasteiger partial charge in [0.2, 0.25) is 0 Å². The number of aromatic carboxylic acids is 1. The second-order valence-corrected chi connectivity index (χ2v) is 5.76. The summed E-state index contributed by atoms with van der Waals surface area (Å²) in [5.74, 6) is 0.216. The summed E-state index contributed by atoms with van der Waals surface area (Å²) in [5, 5.41) is 12.4. The van der Waals surface area contributed by atoms with Crippen LogP contribution in [0.1, 0.15) is 36.2 Å². The van der Waals surface area contributed by atoms with Gasteiger partial charge < -0.3 is 15.2 Å². The maximum atomic E-state index is 10.9. The molecular formula is C16H23NO3. The highest BCUT2D eigenvalue weighted by Crippen LogP contribution is 2.26. The second-order valence-electron chi connectivity index (χ2n) is 5.76. The van der Waals surface area contributed by atoms with Gasteiger partial charge in [0.05, 0.1) is 11.7 Å². The Morgan fingerprint density at radius 2 is 2.30 bits per heavy atom. The van der Waals surface area contributed by atoms with E-state index in [1.54, 1.807) is 18.2 Å². The van der Waals surface area contributed by atoms with Gasteiger partial charge in [-0.05, 0) is 36.0 Å². The summed E-state index contributed by atoms with van der Waals surface area (Å²) in [6.07, 6.45) is 1.44. The van der Waals surface area contributed by atoms with Gasteiger partial charge in [-0.15, -0.1) is 0 Å². The normalized spacial score (nSPS) is 22.4. The summed E-state index contributed by atoms with van der Waals surface area (Å²) < 4.78 is 5.76. The zero-order valence-electron chi connectivity index (χ0n) is 12.1. The van der Waals surface area contributed by atoms with E-state index in [1.165, 1.54) is 0 Å². The third-order valence-electron chi connectivity index (χ3n) is 3.83. The number of nitrogens with one attached hydrogen (secondary N) is 1. The molecule has 0 saturated carbocycles. The first-order chi connectivity index (χ1) is 9.58. The lowest BCUT2D eigenvalue weighted by Gasteiger charge is -2.22. The molecule has 2 rings (SSSR count). The SMILES string of the molecule is CC(C)[C@H]1OCC[C@@H]1CNCc1cccc(C(=O)O)c1. The minimum absolute atomic E-state index is 0.341. The quantitative estimate of drug-likeness (QED) is 0.839. The molecule has 1 aliphatic rings. The molecule has 0 spiro atoms. The number of carboxylic acid groups (broad SMARTS) is 1. The lowest BCUT2D eigenvalue weighted by Crippen LogP contribution is -2.31. The van der Waals surface area contributed by atoms with Gasteiger partial charge in [-0.1, -0.05) is 26.0 Å². The topological polar surface area (TPSA) is 58.6 Å². The Bertz CT molecular complexity index is 459. The van der Waals surface area contributed by atoms with Gasteiger partial charge in [0.1, 0.15) is 0 Å². The molecule has 1 aromatic rings. The molecule has 1 aromatic carbocycles. The van der Waals surface area contributed by atoms with E-state index in [1.807, 2.05) is 6.07 Å². The maximum absolute atomic E-state index is 10.9. The molecule has 2 N–H and O–H groups in total. The smallest absolute Gasteiger partial charge is 0.335 e. The molecule has 0 unspecified atom stereocenters. The fourth-order valence-electron chi connectivity index (χ4n) is 2.83. The van der Waals surface area contributed by atoms with Crippen molar-refractivity contribution >= 4 is 5.97 Å². The van der Waals surface area contributed by atoms with E-state index in [2.05, 4.69) is 19.2 Å². The standard InChI is InChI=1S/C16H23NO3/c1-11(2)15-14(6-7-20-15)10-17-9-12-4-3-5-13(8-12)16(18)19/h3-5,8,11,14-15,17H,6-7,9-10H2,1-2H3,(H,18,19)/t14-,15-/m1/s1. The Morgan fingerprint density at radius 1 is 1.50 bits per heavy atom. The van der Waals surface area contributed by atoms with E-state index in [9.17, 15) is 4.79 Å². The van der Waals surface area contributed by atoms with Crippen LogP contribution in [0.4, 0.5) is 0 Å². The number of hydrogen-bond donors (Lipinski definition) is 2. The largest absolute Gasteiger partial charge is 0.478 e. The van der Waals surface area contributed by atoms with Crippen LogP contribution in [0, 0.1) is 11.8 Å². The summed E-state index contributed by atoms with van der Waals surface area (Å²) in [4.78, 5) is 10.9. The molecule has 1 aliphatic heterocycles. The second kappa shape index (κ2) is 6.86. The van der Waals surface area contributed by atoms with Crippen molar-refractivity contribution in [1.29, 1.82) is 0 Å². The molecule has 0 radical (unpaired) electrons. The zero-order valence-corrected chi connectivity index (χ0v) is 12.1. The number of carboxylic acids is 1. The van der Waals surface area contributed by atoms with Gasteiger partial charge in [0.25, 0.3) is 0 Å². The predicted molar refractivity (Wildman–Crippen MR) is 77.8 cm³/mol. The van der Waals surface area contributed by atoms with Crippen molar-refractivity contribution in [3.05, 3.63) is 35.4 Å². The van der Waals surface area contributed by atoms with Gasteiger partial charge in [0, 0.05) is 19.7 Å². The first-order valence-electron chi connectivity index (χ1n) is 7.22. The molecule has 110 valence electrons. The van der Waals surface area contributed by atoms with Gasteiger partial charge in [-0.25, -0.2) is 4.79 Å². The van der Waals surface area contributed by atoms with E-state index >= 15 is 0 Å². The van der Waals surface area contributed by atoms with Crippen LogP contribution in [0.25, 0.3) is 0 Å². The molecule has 0 aromatic heterocycles. The Labute approximate surface area is 120 Å². The fourth-order valence-corrected chi connectivity index (χ4v) is 2.83. The molecule has 0 bridgehead atoms. The predicted octanol–water partition coefficient (Wildman–Crippen LogP) is 2.54. The maximum Gasteiger partial charge on any atom is 0.335 e. The van der Waals surface area contributed by atoms with E-state index in [0.29, 0.717) is 30.0 Å². The van der Waals surface area contributed by atoms with Gasteiger partial charge in [-0.3, -0.25) is 0 Å². The van der Waals surface area contributed by atoms with Crippen LogP contribution in [0.5, 0.6) is 0 Å². The molecule has 1 fully saturated rings.